The largest absolute Gasteiger partial charge is 0.469 e. The molecule has 5 rings (SSSR count). The van der Waals surface area contributed by atoms with Gasteiger partial charge in [-0.1, -0.05) is 0 Å². The summed E-state index contributed by atoms with van der Waals surface area (Å²) >= 11 is 0. The van der Waals surface area contributed by atoms with Crippen LogP contribution in [0, 0.1) is 47.3 Å². The second-order valence-corrected chi connectivity index (χ2v) is 11.4. The van der Waals surface area contributed by atoms with Crippen LogP contribution in [0.15, 0.2) is 0 Å². The molecule has 10 heteroatoms. The van der Waals surface area contributed by atoms with Crippen LogP contribution in [0.1, 0.15) is 46.5 Å². The summed E-state index contributed by atoms with van der Waals surface area (Å²) in [5.41, 5.74) is 0. The Morgan fingerprint density at radius 1 is 1.00 bits per heavy atom. The highest BCUT2D eigenvalue weighted by Gasteiger charge is 2.71. The third-order valence-electron chi connectivity index (χ3n) is 9.12. The Balaban J connectivity index is 1.38. The molecule has 0 spiro atoms. The molecule has 1 amide bonds. The van der Waals surface area contributed by atoms with E-state index in [0.717, 1.165) is 12.8 Å². The average molecular weight is 498 g/mol. The fourth-order valence-electron chi connectivity index (χ4n) is 8.04. The number of nitrogens with zero attached hydrogens (tertiary/aromatic N) is 1. The van der Waals surface area contributed by atoms with Gasteiger partial charge in [0.25, 0.3) is 5.92 Å². The lowest BCUT2D eigenvalue weighted by Crippen LogP contribution is -2.50. The van der Waals surface area contributed by atoms with Crippen LogP contribution < -0.4 is 0 Å². The quantitative estimate of drug-likeness (QED) is 0.394. The van der Waals surface area contributed by atoms with E-state index in [0.29, 0.717) is 19.8 Å². The highest BCUT2D eigenvalue weighted by atomic mass is 19.3. The van der Waals surface area contributed by atoms with Gasteiger partial charge in [-0.05, 0) is 57.3 Å². The van der Waals surface area contributed by atoms with Crippen molar-refractivity contribution in [2.75, 3.05) is 13.7 Å². The molecule has 5 fully saturated rings. The van der Waals surface area contributed by atoms with Crippen LogP contribution in [0.2, 0.25) is 0 Å². The molecule has 0 aromatic rings. The molecule has 1 saturated heterocycles. The van der Waals surface area contributed by atoms with E-state index in [4.69, 9.17) is 14.2 Å². The van der Waals surface area contributed by atoms with Gasteiger partial charge in [0.05, 0.1) is 36.8 Å². The fraction of sp³-hybridized carbons (Fsp3) is 0.840. The monoisotopic (exact) mass is 497 g/mol. The van der Waals surface area contributed by atoms with Gasteiger partial charge in [0, 0.05) is 18.9 Å². The van der Waals surface area contributed by atoms with Gasteiger partial charge in [0.15, 0.2) is 6.61 Å². The first kappa shape index (κ1) is 24.4. The molecule has 1 heterocycles. The van der Waals surface area contributed by atoms with Gasteiger partial charge in [-0.15, -0.1) is 0 Å². The normalized spacial score (nSPS) is 41.1. The van der Waals surface area contributed by atoms with Crippen molar-refractivity contribution in [2.24, 2.45) is 47.3 Å². The molecule has 5 aliphatic rings. The van der Waals surface area contributed by atoms with E-state index in [1.165, 1.54) is 7.11 Å². The molecule has 0 aromatic carbocycles. The number of fused-ring (bicyclic) bond motifs is 3. The Kier molecular flexibility index (Phi) is 5.87. The van der Waals surface area contributed by atoms with Gasteiger partial charge >= 0.3 is 17.9 Å². The van der Waals surface area contributed by atoms with Crippen LogP contribution in [0.3, 0.4) is 0 Å². The zero-order valence-corrected chi connectivity index (χ0v) is 20.4. The molecule has 10 unspecified atom stereocenters. The number of likely N-dealkylation sites (tertiary alicyclic amines) is 1. The first-order valence-corrected chi connectivity index (χ1v) is 12.6. The van der Waals surface area contributed by atoms with Gasteiger partial charge in [0.2, 0.25) is 5.91 Å². The molecule has 4 bridgehead atoms. The molecule has 0 aromatic heterocycles. The highest BCUT2D eigenvalue weighted by Crippen LogP contribution is 2.61. The number of carbonyl (C=O) groups is 4. The molecule has 1 aliphatic heterocycles. The lowest BCUT2D eigenvalue weighted by Gasteiger charge is -2.37. The van der Waals surface area contributed by atoms with E-state index in [9.17, 15) is 28.0 Å². The van der Waals surface area contributed by atoms with E-state index in [1.807, 2.05) is 13.8 Å². The number of methoxy groups -OCH3 is 1. The molecular weight excluding hydrogens is 464 g/mol. The van der Waals surface area contributed by atoms with Crippen molar-refractivity contribution < 1.29 is 42.2 Å². The van der Waals surface area contributed by atoms with E-state index in [-0.39, 0.29) is 41.7 Å². The number of hydrogen-bond donors (Lipinski definition) is 0. The summed E-state index contributed by atoms with van der Waals surface area (Å²) in [6.45, 7) is 3.45. The Labute approximate surface area is 203 Å². The maximum Gasteiger partial charge on any atom is 0.310 e. The molecule has 35 heavy (non-hydrogen) atoms. The van der Waals surface area contributed by atoms with Crippen LogP contribution in [0.25, 0.3) is 0 Å². The van der Waals surface area contributed by atoms with Crippen molar-refractivity contribution in [2.45, 2.75) is 70.6 Å². The lowest BCUT2D eigenvalue weighted by atomic mass is 9.77. The Morgan fingerprint density at radius 2 is 1.63 bits per heavy atom. The number of hydrogen-bond acceptors (Lipinski definition) is 7. The minimum atomic E-state index is -3.15. The summed E-state index contributed by atoms with van der Waals surface area (Å²) < 4.78 is 42.6. The van der Waals surface area contributed by atoms with E-state index in [2.05, 4.69) is 0 Å². The highest BCUT2D eigenvalue weighted by molar-refractivity contribution is 5.90. The van der Waals surface area contributed by atoms with Gasteiger partial charge < -0.3 is 19.1 Å². The summed E-state index contributed by atoms with van der Waals surface area (Å²) in [5.74, 6) is -8.34. The smallest absolute Gasteiger partial charge is 0.310 e. The Hall–Kier alpha value is -2.26. The second-order valence-electron chi connectivity index (χ2n) is 11.4. The number of carbonyl (C=O) groups excluding carboxylic acids is 4. The minimum Gasteiger partial charge on any atom is -0.469 e. The number of rotatable bonds is 7. The molecule has 8 nitrogen and oxygen atoms in total. The molecular formula is C25H33F2NO7. The Morgan fingerprint density at radius 3 is 2.20 bits per heavy atom. The van der Waals surface area contributed by atoms with Crippen LogP contribution in [-0.2, 0) is 33.4 Å². The van der Waals surface area contributed by atoms with Crippen molar-refractivity contribution in [3.63, 3.8) is 0 Å². The predicted octanol–water partition coefficient (Wildman–Crippen LogP) is 2.43. The van der Waals surface area contributed by atoms with Gasteiger partial charge in [-0.2, -0.15) is 0 Å². The van der Waals surface area contributed by atoms with Crippen LogP contribution in [-0.4, -0.2) is 66.5 Å². The molecule has 4 saturated carbocycles. The van der Waals surface area contributed by atoms with Crippen molar-refractivity contribution in [3.05, 3.63) is 0 Å². The van der Waals surface area contributed by atoms with Crippen molar-refractivity contribution in [3.8, 4) is 0 Å². The van der Waals surface area contributed by atoms with Crippen molar-refractivity contribution in [1.29, 1.82) is 0 Å². The molecule has 10 atom stereocenters. The summed E-state index contributed by atoms with van der Waals surface area (Å²) in [6.07, 6.45) is 2.09. The summed E-state index contributed by atoms with van der Waals surface area (Å²) in [4.78, 5) is 54.0. The summed E-state index contributed by atoms with van der Waals surface area (Å²) in [7, 11) is 1.29. The number of halogens is 2. The van der Waals surface area contributed by atoms with Crippen molar-refractivity contribution in [1.82, 2.24) is 4.90 Å². The number of alkyl halides is 2. The molecule has 4 aliphatic carbocycles. The minimum absolute atomic E-state index is 0.0682. The number of esters is 3. The first-order chi connectivity index (χ1) is 16.4. The van der Waals surface area contributed by atoms with Gasteiger partial charge in [-0.3, -0.25) is 19.2 Å². The van der Waals surface area contributed by atoms with Gasteiger partial charge in [0.1, 0.15) is 6.10 Å². The van der Waals surface area contributed by atoms with E-state index in [1.54, 1.807) is 4.90 Å². The van der Waals surface area contributed by atoms with Crippen LogP contribution in [0.4, 0.5) is 8.78 Å². The number of ether oxygens (including phenoxy) is 3. The first-order valence-electron chi connectivity index (χ1n) is 12.6. The molecule has 0 N–H and O–H groups in total. The van der Waals surface area contributed by atoms with Crippen LogP contribution in [0.5, 0.6) is 0 Å². The maximum absolute atomic E-state index is 13.6. The zero-order chi connectivity index (χ0) is 25.4. The average Bonchev–Trinajstić information content (AvgIpc) is 3.57. The SMILES string of the molecule is COC(=O)C1C2CC3C1C(=O)N(C(C)C)C3C2OC(=O)C1C2CCC(C2)C1C(=O)OCC(C)(F)F. The predicted molar refractivity (Wildman–Crippen MR) is 116 cm³/mol. The number of amides is 1. The standard InChI is InChI=1S/C25H33F2NO7/c1-10(2)28-19-13-8-14(18(22(30)33-4)17(13)21(28)29)20(19)35-24(32)16-12-6-5-11(7-12)15(16)23(31)34-9-25(3,26)27/h10-20H,5-9H2,1-4H3. The van der Waals surface area contributed by atoms with Gasteiger partial charge in [-0.25, -0.2) is 8.78 Å². The Bertz CT molecular complexity index is 933. The van der Waals surface area contributed by atoms with Crippen molar-refractivity contribution >= 4 is 23.8 Å². The van der Waals surface area contributed by atoms with E-state index >= 15 is 0 Å². The lowest BCUT2D eigenvalue weighted by molar-refractivity contribution is -0.175. The fourth-order valence-corrected chi connectivity index (χ4v) is 8.04. The summed E-state index contributed by atoms with van der Waals surface area (Å²) in [6, 6.07) is -0.442. The van der Waals surface area contributed by atoms with E-state index < -0.39 is 60.2 Å². The molecule has 194 valence electrons. The maximum atomic E-state index is 13.6. The zero-order valence-electron chi connectivity index (χ0n) is 20.4. The third-order valence-corrected chi connectivity index (χ3v) is 9.12. The third kappa shape index (κ3) is 3.73. The molecule has 0 radical (unpaired) electrons. The summed E-state index contributed by atoms with van der Waals surface area (Å²) in [5, 5.41) is 0. The second kappa shape index (κ2) is 8.40. The topological polar surface area (TPSA) is 99.2 Å². The van der Waals surface area contributed by atoms with Crippen LogP contribution >= 0.6 is 0 Å².